The summed E-state index contributed by atoms with van der Waals surface area (Å²) in [6.45, 7) is 6.96. The van der Waals surface area contributed by atoms with Gasteiger partial charge < -0.3 is 24.6 Å². The summed E-state index contributed by atoms with van der Waals surface area (Å²) in [5.41, 5.74) is 6.29. The fraction of sp³-hybridized carbons (Fsp3) is 0.419. The zero-order valence-corrected chi connectivity index (χ0v) is 24.5. The number of rotatable bonds is 12. The number of aromatic nitrogens is 3. The fourth-order valence-electron chi connectivity index (χ4n) is 5.43. The van der Waals surface area contributed by atoms with Gasteiger partial charge in [0.2, 0.25) is 0 Å². The molecule has 2 aromatic heterocycles. The summed E-state index contributed by atoms with van der Waals surface area (Å²) < 4.78 is 6.40. The van der Waals surface area contributed by atoms with E-state index < -0.39 is 12.1 Å². The Labute approximate surface area is 240 Å². The molecule has 2 aromatic carbocycles. The number of aliphatic hydroxyl groups excluding tert-OH is 1. The molecule has 0 radical (unpaired) electrons. The Morgan fingerprint density at radius 1 is 1.15 bits per heavy atom. The van der Waals surface area contributed by atoms with E-state index in [0.717, 1.165) is 53.9 Å². The molecule has 0 aliphatic carbocycles. The van der Waals surface area contributed by atoms with Gasteiger partial charge in [-0.05, 0) is 55.0 Å². The van der Waals surface area contributed by atoms with Crippen LogP contribution in [0.1, 0.15) is 47.3 Å². The molecule has 1 amide bonds. The second kappa shape index (κ2) is 12.9. The average molecular weight is 561 g/mol. The van der Waals surface area contributed by atoms with Crippen molar-refractivity contribution in [2.45, 2.75) is 64.9 Å². The van der Waals surface area contributed by atoms with Crippen molar-refractivity contribution in [3.05, 3.63) is 83.3 Å². The molecular weight excluding hydrogens is 520 g/mol. The lowest BCUT2D eigenvalue weighted by Gasteiger charge is -2.25. The predicted molar refractivity (Wildman–Crippen MR) is 164 cm³/mol. The molecule has 9 heteroatoms. The molecule has 8 nitrogen and oxygen atoms in total. The summed E-state index contributed by atoms with van der Waals surface area (Å²) >= 11 is 1.77. The highest BCUT2D eigenvalue weighted by Crippen LogP contribution is 2.37. The van der Waals surface area contributed by atoms with E-state index in [9.17, 15) is 9.90 Å². The molecule has 1 aliphatic heterocycles. The lowest BCUT2D eigenvalue weighted by Crippen LogP contribution is -2.48. The third-order valence-corrected chi connectivity index (χ3v) is 8.49. The normalized spacial score (nSPS) is 14.8. The zero-order chi connectivity index (χ0) is 28.1. The van der Waals surface area contributed by atoms with Gasteiger partial charge in [-0.15, -0.1) is 0 Å². The summed E-state index contributed by atoms with van der Waals surface area (Å²) in [7, 11) is 2.07. The number of nitrogens with zero attached hydrogens (tertiary/aromatic N) is 4. The van der Waals surface area contributed by atoms with E-state index in [1.807, 2.05) is 59.5 Å². The summed E-state index contributed by atoms with van der Waals surface area (Å²) in [5.74, 6) is 0.819. The van der Waals surface area contributed by atoms with Gasteiger partial charge in [0.05, 0.1) is 29.5 Å². The molecule has 0 spiro atoms. The van der Waals surface area contributed by atoms with Gasteiger partial charge in [0.25, 0.3) is 5.91 Å². The number of carbonyl (C=O) groups is 1. The van der Waals surface area contributed by atoms with Crippen LogP contribution in [0, 0.1) is 0 Å². The zero-order valence-electron chi connectivity index (χ0n) is 23.6. The van der Waals surface area contributed by atoms with Crippen molar-refractivity contribution in [3.8, 4) is 0 Å². The smallest absolute Gasteiger partial charge is 0.251 e. The van der Waals surface area contributed by atoms with Crippen LogP contribution in [0.2, 0.25) is 0 Å². The molecule has 4 aromatic rings. The Bertz CT molecular complexity index is 1430. The maximum atomic E-state index is 13.8. The molecule has 0 fully saturated rings. The van der Waals surface area contributed by atoms with E-state index in [-0.39, 0.29) is 5.91 Å². The molecule has 3 N–H and O–H groups in total. The Balaban J connectivity index is 1.37. The van der Waals surface area contributed by atoms with Gasteiger partial charge in [-0.3, -0.25) is 9.48 Å². The Morgan fingerprint density at radius 3 is 2.73 bits per heavy atom. The number of benzene rings is 2. The Morgan fingerprint density at radius 2 is 1.98 bits per heavy atom. The lowest BCUT2D eigenvalue weighted by atomic mass is 9.99. The number of hydrogen-bond acceptors (Lipinski definition) is 6. The number of carbonyl (C=O) groups excluding carboxylic acids is 1. The van der Waals surface area contributed by atoms with E-state index in [0.29, 0.717) is 25.1 Å². The predicted octanol–water partition coefficient (Wildman–Crippen LogP) is 4.40. The van der Waals surface area contributed by atoms with Crippen molar-refractivity contribution >= 4 is 34.4 Å². The van der Waals surface area contributed by atoms with Crippen molar-refractivity contribution in [2.24, 2.45) is 0 Å². The maximum absolute atomic E-state index is 13.8. The molecule has 0 saturated carbocycles. The van der Waals surface area contributed by atoms with E-state index >= 15 is 0 Å². The molecule has 0 unspecified atom stereocenters. The van der Waals surface area contributed by atoms with Gasteiger partial charge in [0.15, 0.2) is 0 Å². The molecule has 5 rings (SSSR count). The van der Waals surface area contributed by atoms with Gasteiger partial charge in [0, 0.05) is 67.9 Å². The minimum absolute atomic E-state index is 0.166. The second-order valence-corrected chi connectivity index (χ2v) is 11.7. The summed E-state index contributed by atoms with van der Waals surface area (Å²) in [4.78, 5) is 13.8. The summed E-state index contributed by atoms with van der Waals surface area (Å²) in [6, 6.07) is 13.6. The Hall–Kier alpha value is -3.27. The lowest BCUT2D eigenvalue weighted by molar-refractivity contribution is 0.0830. The van der Waals surface area contributed by atoms with E-state index in [1.165, 1.54) is 11.1 Å². The van der Waals surface area contributed by atoms with Crippen LogP contribution in [0.4, 0.5) is 5.69 Å². The minimum atomic E-state index is -0.773. The molecule has 0 saturated heterocycles. The van der Waals surface area contributed by atoms with Crippen molar-refractivity contribution in [3.63, 3.8) is 0 Å². The number of aliphatic hydroxyl groups is 1. The number of anilines is 1. The summed E-state index contributed by atoms with van der Waals surface area (Å²) in [5, 5.41) is 23.3. The maximum Gasteiger partial charge on any atom is 0.251 e. The van der Waals surface area contributed by atoms with Gasteiger partial charge in [-0.1, -0.05) is 43.7 Å². The standard InChI is InChI=1S/C31H40N6O2S/c1-4-9-24-21-36-12-13-40-35(3)28-16-25(15-26(24)30(28)36)31(39)34-27(14-22-10-7-6-8-11-22)29(38)19-32-17-23-18-33-37(5-2)20-23/h6-8,10-11,15-16,18,20-21,27,29,32,38H,4-5,9,12-14,17,19H2,1-3H3,(H,34,39)/t27-,29+/m0/s1. The quantitative estimate of drug-likeness (QED) is 0.223. The second-order valence-electron chi connectivity index (χ2n) is 10.5. The molecule has 3 heterocycles. The highest BCUT2D eigenvalue weighted by Gasteiger charge is 2.25. The first kappa shape index (κ1) is 28.3. The number of nitrogens with one attached hydrogen (secondary N) is 2. The first-order valence-corrected chi connectivity index (χ1v) is 15.2. The third-order valence-electron chi connectivity index (χ3n) is 7.55. The molecule has 40 heavy (non-hydrogen) atoms. The fourth-order valence-corrected chi connectivity index (χ4v) is 6.26. The van der Waals surface area contributed by atoms with Crippen LogP contribution in [-0.4, -0.2) is 56.9 Å². The Kier molecular flexibility index (Phi) is 9.14. The van der Waals surface area contributed by atoms with Crippen molar-refractivity contribution in [1.82, 2.24) is 25.0 Å². The monoisotopic (exact) mass is 560 g/mol. The number of amides is 1. The largest absolute Gasteiger partial charge is 0.390 e. The molecule has 212 valence electrons. The topological polar surface area (TPSA) is 87.4 Å². The number of hydrogen-bond donors (Lipinski definition) is 3. The van der Waals surface area contributed by atoms with Crippen LogP contribution in [0.5, 0.6) is 0 Å². The van der Waals surface area contributed by atoms with Gasteiger partial charge in [-0.25, -0.2) is 0 Å². The van der Waals surface area contributed by atoms with Crippen molar-refractivity contribution < 1.29 is 9.90 Å². The van der Waals surface area contributed by atoms with Crippen molar-refractivity contribution in [2.75, 3.05) is 23.7 Å². The molecular formula is C31H40N6O2S. The molecule has 0 bridgehead atoms. The van der Waals surface area contributed by atoms with Crippen LogP contribution in [0.3, 0.4) is 0 Å². The first-order valence-electron chi connectivity index (χ1n) is 14.2. The van der Waals surface area contributed by atoms with Crippen LogP contribution in [0.25, 0.3) is 10.9 Å². The van der Waals surface area contributed by atoms with Crippen LogP contribution < -0.4 is 14.9 Å². The van der Waals surface area contributed by atoms with Crippen molar-refractivity contribution in [1.29, 1.82) is 0 Å². The minimum Gasteiger partial charge on any atom is -0.390 e. The van der Waals surface area contributed by atoms with Crippen LogP contribution >= 0.6 is 11.9 Å². The first-order chi connectivity index (χ1) is 19.5. The third kappa shape index (κ3) is 6.37. The average Bonchev–Trinajstić information content (AvgIpc) is 3.53. The van der Waals surface area contributed by atoms with Crippen LogP contribution in [0.15, 0.2) is 61.1 Å². The van der Waals surface area contributed by atoms with E-state index in [2.05, 4.69) is 51.7 Å². The molecule has 1 aliphatic rings. The summed E-state index contributed by atoms with van der Waals surface area (Å²) in [6.07, 6.45) is 7.89. The van der Waals surface area contributed by atoms with E-state index in [1.54, 1.807) is 11.9 Å². The van der Waals surface area contributed by atoms with Gasteiger partial charge in [0.1, 0.15) is 0 Å². The van der Waals surface area contributed by atoms with Crippen LogP contribution in [-0.2, 0) is 32.5 Å². The molecule has 2 atom stereocenters. The highest BCUT2D eigenvalue weighted by atomic mass is 32.2. The van der Waals surface area contributed by atoms with Gasteiger partial charge in [-0.2, -0.15) is 5.10 Å². The van der Waals surface area contributed by atoms with Gasteiger partial charge >= 0.3 is 0 Å². The SMILES string of the molecule is CCCc1cn2c3c(cc(C(=O)N[C@@H](Cc4ccccc4)[C@H](O)CNCc4cnn(CC)c4)cc13)N(C)SCC2. The highest BCUT2D eigenvalue weighted by molar-refractivity contribution is 8.00. The van der Waals surface area contributed by atoms with E-state index in [4.69, 9.17) is 0 Å². The number of aryl methyl sites for hydroxylation is 3.